The van der Waals surface area contributed by atoms with E-state index in [1.807, 2.05) is 24.4 Å². The fourth-order valence-electron chi connectivity index (χ4n) is 3.24. The Morgan fingerprint density at radius 2 is 2.14 bits per heavy atom. The average molecular weight is 295 g/mol. The lowest BCUT2D eigenvalue weighted by Gasteiger charge is -2.38. The van der Waals surface area contributed by atoms with Crippen LogP contribution in [0, 0.1) is 12.7 Å². The zero-order valence-electron chi connectivity index (χ0n) is 12.5. The highest BCUT2D eigenvalue weighted by Crippen LogP contribution is 2.29. The summed E-state index contributed by atoms with van der Waals surface area (Å²) in [4.78, 5) is 10.2. The number of pyridine rings is 1. The first-order chi connectivity index (χ1) is 10.7. The van der Waals surface area contributed by atoms with E-state index in [2.05, 4.69) is 27.9 Å². The number of nitrogens with zero attached hydrogens (tertiary/aromatic N) is 2. The maximum absolute atomic E-state index is 13.4. The van der Waals surface area contributed by atoms with Crippen LogP contribution in [0.25, 0.3) is 10.9 Å². The number of benzene rings is 1. The van der Waals surface area contributed by atoms with Gasteiger partial charge in [-0.3, -0.25) is 9.88 Å². The molecule has 4 rings (SSSR count). The summed E-state index contributed by atoms with van der Waals surface area (Å²) < 4.78 is 13.4. The summed E-state index contributed by atoms with van der Waals surface area (Å²) in [5.74, 6) is 0.351. The van der Waals surface area contributed by atoms with Crippen LogP contribution in [-0.4, -0.2) is 28.0 Å². The fraction of sp³-hybridized carbons (Fsp3) is 0.278. The standard InChI is InChI=1S/C18H18FN3/c1-12-15-8-14(19)5-6-17(15)21-18(12)11-22-9-13(10-22)16-4-2-3-7-20-16/h2-8,13,21H,9-11H2,1H3. The van der Waals surface area contributed by atoms with Gasteiger partial charge in [0, 0.05) is 54.0 Å². The molecule has 1 aromatic carbocycles. The van der Waals surface area contributed by atoms with Gasteiger partial charge in [0.15, 0.2) is 0 Å². The third-order valence-electron chi connectivity index (χ3n) is 4.57. The second-order valence-corrected chi connectivity index (χ2v) is 6.06. The fourth-order valence-corrected chi connectivity index (χ4v) is 3.24. The maximum atomic E-state index is 13.4. The highest BCUT2D eigenvalue weighted by atomic mass is 19.1. The molecule has 4 heteroatoms. The topological polar surface area (TPSA) is 31.9 Å². The molecule has 1 fully saturated rings. The second-order valence-electron chi connectivity index (χ2n) is 6.06. The van der Waals surface area contributed by atoms with Crippen LogP contribution in [0.1, 0.15) is 22.9 Å². The average Bonchev–Trinajstić information content (AvgIpc) is 2.80. The molecule has 2 aromatic heterocycles. The molecular weight excluding hydrogens is 277 g/mol. The van der Waals surface area contributed by atoms with Crippen molar-refractivity contribution in [2.45, 2.75) is 19.4 Å². The van der Waals surface area contributed by atoms with Crippen molar-refractivity contribution in [3.05, 3.63) is 65.4 Å². The Bertz CT molecular complexity index is 804. The molecular formula is C18H18FN3. The molecule has 1 N–H and O–H groups in total. The van der Waals surface area contributed by atoms with E-state index in [0.717, 1.165) is 36.1 Å². The van der Waals surface area contributed by atoms with Gasteiger partial charge in [-0.05, 0) is 42.8 Å². The van der Waals surface area contributed by atoms with Crippen molar-refractivity contribution in [1.29, 1.82) is 0 Å². The van der Waals surface area contributed by atoms with Gasteiger partial charge in [-0.15, -0.1) is 0 Å². The number of fused-ring (bicyclic) bond motifs is 1. The van der Waals surface area contributed by atoms with Crippen LogP contribution in [0.15, 0.2) is 42.6 Å². The Balaban J connectivity index is 1.48. The highest BCUT2D eigenvalue weighted by Gasteiger charge is 2.29. The zero-order chi connectivity index (χ0) is 15.1. The molecule has 0 bridgehead atoms. The zero-order valence-corrected chi connectivity index (χ0v) is 12.5. The van der Waals surface area contributed by atoms with Crippen LogP contribution in [-0.2, 0) is 6.54 Å². The molecule has 112 valence electrons. The monoisotopic (exact) mass is 295 g/mol. The van der Waals surface area contributed by atoms with Gasteiger partial charge in [0.1, 0.15) is 5.82 Å². The molecule has 1 aliphatic heterocycles. The summed E-state index contributed by atoms with van der Waals surface area (Å²) in [5.41, 5.74) is 4.51. The van der Waals surface area contributed by atoms with Gasteiger partial charge >= 0.3 is 0 Å². The van der Waals surface area contributed by atoms with Gasteiger partial charge in [0.25, 0.3) is 0 Å². The van der Waals surface area contributed by atoms with Crippen molar-refractivity contribution >= 4 is 10.9 Å². The van der Waals surface area contributed by atoms with Gasteiger partial charge in [-0.1, -0.05) is 6.07 Å². The van der Waals surface area contributed by atoms with Crippen LogP contribution in [0.5, 0.6) is 0 Å². The quantitative estimate of drug-likeness (QED) is 0.800. The van der Waals surface area contributed by atoms with Crippen LogP contribution < -0.4 is 0 Å². The van der Waals surface area contributed by atoms with Crippen molar-refractivity contribution in [2.75, 3.05) is 13.1 Å². The van der Waals surface area contributed by atoms with Gasteiger partial charge < -0.3 is 4.98 Å². The van der Waals surface area contributed by atoms with Crippen LogP contribution >= 0.6 is 0 Å². The number of aryl methyl sites for hydroxylation is 1. The minimum atomic E-state index is -0.180. The van der Waals surface area contributed by atoms with E-state index in [-0.39, 0.29) is 5.82 Å². The Morgan fingerprint density at radius 1 is 1.27 bits per heavy atom. The Kier molecular flexibility index (Phi) is 3.19. The number of halogens is 1. The Hall–Kier alpha value is -2.20. The molecule has 0 spiro atoms. The summed E-state index contributed by atoms with van der Waals surface area (Å²) >= 11 is 0. The highest BCUT2D eigenvalue weighted by molar-refractivity contribution is 5.84. The molecule has 0 radical (unpaired) electrons. The van der Waals surface area contributed by atoms with Gasteiger partial charge in [-0.2, -0.15) is 0 Å². The lowest BCUT2D eigenvalue weighted by molar-refractivity contribution is 0.135. The van der Waals surface area contributed by atoms with Gasteiger partial charge in [-0.25, -0.2) is 4.39 Å². The lowest BCUT2D eigenvalue weighted by Crippen LogP contribution is -2.44. The van der Waals surface area contributed by atoms with Crippen molar-refractivity contribution < 1.29 is 4.39 Å². The number of rotatable bonds is 3. The SMILES string of the molecule is Cc1c(CN2CC(c3ccccn3)C2)[nH]c2ccc(F)cc12. The number of aromatic amines is 1. The number of hydrogen-bond acceptors (Lipinski definition) is 2. The van der Waals surface area contributed by atoms with Crippen LogP contribution in [0.2, 0.25) is 0 Å². The molecule has 0 saturated carbocycles. The van der Waals surface area contributed by atoms with E-state index < -0.39 is 0 Å². The molecule has 1 aliphatic rings. The number of nitrogens with one attached hydrogen (secondary N) is 1. The van der Waals surface area contributed by atoms with E-state index >= 15 is 0 Å². The minimum Gasteiger partial charge on any atom is -0.357 e. The number of H-pyrrole nitrogens is 1. The summed E-state index contributed by atoms with van der Waals surface area (Å²) in [6, 6.07) is 11.0. The molecule has 0 unspecified atom stereocenters. The first-order valence-corrected chi connectivity index (χ1v) is 7.60. The number of likely N-dealkylation sites (tertiary alicyclic amines) is 1. The largest absolute Gasteiger partial charge is 0.357 e. The number of hydrogen-bond donors (Lipinski definition) is 1. The lowest BCUT2D eigenvalue weighted by atomic mass is 9.95. The van der Waals surface area contributed by atoms with E-state index in [1.54, 1.807) is 6.07 Å². The first kappa shape index (κ1) is 13.5. The molecule has 0 amide bonds. The summed E-state index contributed by atoms with van der Waals surface area (Å²) in [5, 5.41) is 0.983. The van der Waals surface area contributed by atoms with Crippen LogP contribution in [0.3, 0.4) is 0 Å². The Labute approximate surface area is 128 Å². The molecule has 0 aliphatic carbocycles. The predicted molar refractivity (Wildman–Crippen MR) is 85.2 cm³/mol. The summed E-state index contributed by atoms with van der Waals surface area (Å²) in [6.45, 7) is 5.00. The molecule has 1 saturated heterocycles. The molecule has 0 atom stereocenters. The predicted octanol–water partition coefficient (Wildman–Crippen LogP) is 3.61. The minimum absolute atomic E-state index is 0.180. The van der Waals surface area contributed by atoms with Crippen molar-refractivity contribution in [3.8, 4) is 0 Å². The van der Waals surface area contributed by atoms with E-state index in [4.69, 9.17) is 0 Å². The smallest absolute Gasteiger partial charge is 0.123 e. The first-order valence-electron chi connectivity index (χ1n) is 7.60. The van der Waals surface area contributed by atoms with E-state index in [9.17, 15) is 4.39 Å². The maximum Gasteiger partial charge on any atom is 0.123 e. The normalized spacial score (nSPS) is 16.1. The Morgan fingerprint density at radius 3 is 2.91 bits per heavy atom. The number of aromatic nitrogens is 2. The van der Waals surface area contributed by atoms with E-state index in [1.165, 1.54) is 17.5 Å². The van der Waals surface area contributed by atoms with Crippen molar-refractivity contribution in [2.24, 2.45) is 0 Å². The summed E-state index contributed by atoms with van der Waals surface area (Å²) in [7, 11) is 0. The third kappa shape index (κ3) is 2.29. The molecule has 3 nitrogen and oxygen atoms in total. The van der Waals surface area contributed by atoms with E-state index in [0.29, 0.717) is 5.92 Å². The summed E-state index contributed by atoms with van der Waals surface area (Å²) in [6.07, 6.45) is 1.86. The van der Waals surface area contributed by atoms with Crippen molar-refractivity contribution in [1.82, 2.24) is 14.9 Å². The molecule has 3 aromatic rings. The second kappa shape index (κ2) is 5.21. The van der Waals surface area contributed by atoms with Crippen LogP contribution in [0.4, 0.5) is 4.39 Å². The third-order valence-corrected chi connectivity index (χ3v) is 4.57. The van der Waals surface area contributed by atoms with Gasteiger partial charge in [0.05, 0.1) is 0 Å². The van der Waals surface area contributed by atoms with Gasteiger partial charge in [0.2, 0.25) is 0 Å². The molecule has 22 heavy (non-hydrogen) atoms. The van der Waals surface area contributed by atoms with Crippen molar-refractivity contribution in [3.63, 3.8) is 0 Å². The molecule has 3 heterocycles.